The van der Waals surface area contributed by atoms with Crippen LogP contribution in [0.1, 0.15) is 12.0 Å². The van der Waals surface area contributed by atoms with Crippen LogP contribution in [-0.2, 0) is 19.9 Å². The molecule has 0 unspecified atom stereocenters. The van der Waals surface area contributed by atoms with Crippen molar-refractivity contribution in [2.45, 2.75) is 18.2 Å². The average molecular weight is 306 g/mol. The van der Waals surface area contributed by atoms with Gasteiger partial charge in [0.1, 0.15) is 9.84 Å². The highest BCUT2D eigenvalue weighted by Gasteiger charge is 2.16. The van der Waals surface area contributed by atoms with Gasteiger partial charge in [0.15, 0.2) is 0 Å². The van der Waals surface area contributed by atoms with Gasteiger partial charge in [-0.2, -0.15) is 0 Å². The number of sulfone groups is 1. The second-order valence-electron chi connectivity index (χ2n) is 4.41. The van der Waals surface area contributed by atoms with Crippen LogP contribution >= 0.6 is 0 Å². The Kier molecular flexibility index (Phi) is 4.94. The van der Waals surface area contributed by atoms with Crippen molar-refractivity contribution in [1.29, 1.82) is 0 Å². The van der Waals surface area contributed by atoms with Gasteiger partial charge < -0.3 is 5.73 Å². The van der Waals surface area contributed by atoms with Crippen LogP contribution in [-0.4, -0.2) is 35.4 Å². The van der Waals surface area contributed by atoms with Crippen molar-refractivity contribution in [1.82, 2.24) is 4.72 Å². The standard InChI is InChI=1S/C11H18N2O4S2/c1-9-4-5-10(12)8-11(9)19(16,17)13-6-3-7-18(2,14)15/h4-5,8,13H,3,6-7,12H2,1-2H3. The number of nitrogens with two attached hydrogens (primary N) is 1. The first-order valence-electron chi connectivity index (χ1n) is 5.65. The predicted octanol–water partition coefficient (Wildman–Crippen LogP) is 0.290. The van der Waals surface area contributed by atoms with Crippen molar-refractivity contribution in [2.75, 3.05) is 24.3 Å². The lowest BCUT2D eigenvalue weighted by Gasteiger charge is -2.09. The Labute approximate surface area is 114 Å². The average Bonchev–Trinajstić information content (AvgIpc) is 2.26. The summed E-state index contributed by atoms with van der Waals surface area (Å²) >= 11 is 0. The molecule has 1 rings (SSSR count). The van der Waals surface area contributed by atoms with Crippen molar-refractivity contribution in [2.24, 2.45) is 0 Å². The number of hydrogen-bond acceptors (Lipinski definition) is 5. The van der Waals surface area contributed by atoms with Gasteiger partial charge in [-0.1, -0.05) is 6.07 Å². The Balaban J connectivity index is 2.74. The van der Waals surface area contributed by atoms with E-state index in [2.05, 4.69) is 4.72 Å². The van der Waals surface area contributed by atoms with Crippen molar-refractivity contribution in [3.63, 3.8) is 0 Å². The van der Waals surface area contributed by atoms with Crippen LogP contribution in [0.15, 0.2) is 23.1 Å². The summed E-state index contributed by atoms with van der Waals surface area (Å²) in [7, 11) is -6.73. The maximum Gasteiger partial charge on any atom is 0.240 e. The van der Waals surface area contributed by atoms with Crippen LogP contribution in [0.4, 0.5) is 5.69 Å². The molecule has 0 saturated heterocycles. The van der Waals surface area contributed by atoms with E-state index in [1.54, 1.807) is 19.1 Å². The minimum Gasteiger partial charge on any atom is -0.399 e. The van der Waals surface area contributed by atoms with Crippen molar-refractivity contribution >= 4 is 25.5 Å². The van der Waals surface area contributed by atoms with Gasteiger partial charge in [-0.05, 0) is 31.0 Å². The third-order valence-electron chi connectivity index (χ3n) is 2.49. The van der Waals surface area contributed by atoms with Crippen LogP contribution < -0.4 is 10.5 Å². The van der Waals surface area contributed by atoms with Crippen molar-refractivity contribution in [3.05, 3.63) is 23.8 Å². The largest absolute Gasteiger partial charge is 0.399 e. The molecule has 19 heavy (non-hydrogen) atoms. The fourth-order valence-electron chi connectivity index (χ4n) is 1.52. The molecule has 0 saturated carbocycles. The lowest BCUT2D eigenvalue weighted by molar-refractivity contribution is 0.577. The first-order valence-corrected chi connectivity index (χ1v) is 9.20. The lowest BCUT2D eigenvalue weighted by atomic mass is 10.2. The zero-order valence-corrected chi connectivity index (χ0v) is 12.5. The number of sulfonamides is 1. The Morgan fingerprint density at radius 2 is 1.84 bits per heavy atom. The minimum absolute atomic E-state index is 0.0502. The maximum absolute atomic E-state index is 12.0. The van der Waals surface area contributed by atoms with Crippen LogP contribution in [0, 0.1) is 6.92 Å². The zero-order valence-electron chi connectivity index (χ0n) is 10.9. The molecular weight excluding hydrogens is 288 g/mol. The molecule has 8 heteroatoms. The molecular formula is C11H18N2O4S2. The molecule has 0 aliphatic heterocycles. The summed E-state index contributed by atoms with van der Waals surface area (Å²) in [5.74, 6) is -0.0502. The SMILES string of the molecule is Cc1ccc(N)cc1S(=O)(=O)NCCCS(C)(=O)=O. The van der Waals surface area contributed by atoms with Crippen molar-refractivity contribution < 1.29 is 16.8 Å². The predicted molar refractivity (Wildman–Crippen MR) is 75.1 cm³/mol. The molecule has 1 aromatic rings. The highest BCUT2D eigenvalue weighted by Crippen LogP contribution is 2.17. The molecule has 0 aromatic heterocycles. The molecule has 6 nitrogen and oxygen atoms in total. The van der Waals surface area contributed by atoms with Gasteiger partial charge in [0.2, 0.25) is 10.0 Å². The molecule has 1 aromatic carbocycles. The number of anilines is 1. The Bertz CT molecular complexity index is 651. The third kappa shape index (κ3) is 5.17. The van der Waals surface area contributed by atoms with E-state index in [0.717, 1.165) is 6.26 Å². The fraction of sp³-hybridized carbons (Fsp3) is 0.455. The second kappa shape index (κ2) is 5.89. The molecule has 0 aliphatic carbocycles. The van der Waals surface area contributed by atoms with Crippen LogP contribution in [0.5, 0.6) is 0 Å². The number of hydrogen-bond donors (Lipinski definition) is 2. The summed E-state index contributed by atoms with van der Waals surface area (Å²) < 4.78 is 48.3. The summed E-state index contributed by atoms with van der Waals surface area (Å²) in [6.07, 6.45) is 1.35. The van der Waals surface area contributed by atoms with Gasteiger partial charge in [-0.15, -0.1) is 0 Å². The van der Waals surface area contributed by atoms with Crippen LogP contribution in [0.2, 0.25) is 0 Å². The topological polar surface area (TPSA) is 106 Å². The molecule has 0 bridgehead atoms. The van der Waals surface area contributed by atoms with E-state index in [4.69, 9.17) is 5.73 Å². The van der Waals surface area contributed by atoms with E-state index in [1.807, 2.05) is 0 Å². The highest BCUT2D eigenvalue weighted by atomic mass is 32.2. The molecule has 0 amide bonds. The van der Waals surface area contributed by atoms with Crippen molar-refractivity contribution in [3.8, 4) is 0 Å². The number of benzene rings is 1. The molecule has 0 spiro atoms. The fourth-order valence-corrected chi connectivity index (χ4v) is 3.55. The molecule has 0 heterocycles. The first kappa shape index (κ1) is 15.9. The monoisotopic (exact) mass is 306 g/mol. The quantitative estimate of drug-likeness (QED) is 0.580. The smallest absolute Gasteiger partial charge is 0.240 e. The van der Waals surface area contributed by atoms with Crippen LogP contribution in [0.3, 0.4) is 0 Å². The van der Waals surface area contributed by atoms with Gasteiger partial charge >= 0.3 is 0 Å². The maximum atomic E-state index is 12.0. The summed E-state index contributed by atoms with van der Waals surface area (Å²) in [5.41, 5.74) is 6.52. The first-order chi connectivity index (χ1) is 8.62. The van der Waals surface area contributed by atoms with Gasteiger partial charge in [0.25, 0.3) is 0 Å². The van der Waals surface area contributed by atoms with E-state index in [-0.39, 0.29) is 23.6 Å². The number of aryl methyl sites for hydroxylation is 1. The normalized spacial score (nSPS) is 12.5. The van der Waals surface area contributed by atoms with E-state index in [9.17, 15) is 16.8 Å². The van der Waals surface area contributed by atoms with Gasteiger partial charge in [0, 0.05) is 18.5 Å². The molecule has 108 valence electrons. The van der Waals surface area contributed by atoms with E-state index in [0.29, 0.717) is 11.3 Å². The molecule has 0 radical (unpaired) electrons. The summed E-state index contributed by atoms with van der Waals surface area (Å²) in [6.45, 7) is 1.74. The number of rotatable bonds is 6. The van der Waals surface area contributed by atoms with E-state index < -0.39 is 19.9 Å². The Morgan fingerprint density at radius 3 is 2.42 bits per heavy atom. The zero-order chi connectivity index (χ0) is 14.7. The third-order valence-corrected chi connectivity index (χ3v) is 5.12. The van der Waals surface area contributed by atoms with Gasteiger partial charge in [0.05, 0.1) is 10.6 Å². The minimum atomic E-state index is -3.66. The van der Waals surface area contributed by atoms with E-state index >= 15 is 0 Å². The summed E-state index contributed by atoms with van der Waals surface area (Å²) in [6, 6.07) is 4.63. The Morgan fingerprint density at radius 1 is 1.21 bits per heavy atom. The Hall–Kier alpha value is -1.12. The number of nitrogen functional groups attached to an aromatic ring is 1. The van der Waals surface area contributed by atoms with E-state index in [1.165, 1.54) is 6.07 Å². The lowest BCUT2D eigenvalue weighted by Crippen LogP contribution is -2.26. The molecule has 3 N–H and O–H groups in total. The molecule has 0 aliphatic rings. The second-order valence-corrected chi connectivity index (χ2v) is 8.40. The molecule has 0 atom stereocenters. The molecule has 0 fully saturated rings. The summed E-state index contributed by atoms with van der Waals surface area (Å²) in [5, 5.41) is 0. The summed E-state index contributed by atoms with van der Waals surface area (Å²) in [4.78, 5) is 0.117. The van der Waals surface area contributed by atoms with Crippen LogP contribution in [0.25, 0.3) is 0 Å². The number of nitrogens with one attached hydrogen (secondary N) is 1. The van der Waals surface area contributed by atoms with Gasteiger partial charge in [-0.25, -0.2) is 21.6 Å². The highest BCUT2D eigenvalue weighted by molar-refractivity contribution is 7.90. The van der Waals surface area contributed by atoms with Gasteiger partial charge in [-0.3, -0.25) is 0 Å².